The highest BCUT2D eigenvalue weighted by atomic mass is 16.5. The van der Waals surface area contributed by atoms with Crippen LogP contribution in [0.3, 0.4) is 0 Å². The van der Waals surface area contributed by atoms with Gasteiger partial charge in [0.2, 0.25) is 0 Å². The largest absolute Gasteiger partial charge is 0.493 e. The lowest BCUT2D eigenvalue weighted by molar-refractivity contribution is -0.159. The number of aryl methyl sites for hydroxylation is 1. The SMILES string of the molecule is CCc1ccccc1OCCCCN1CCC(C)CC1.O=C(O)C(=O)O. The number of carboxylic acids is 2. The predicted octanol–water partition coefficient (Wildman–Crippen LogP) is 3.30. The second kappa shape index (κ2) is 12.3. The van der Waals surface area contributed by atoms with Gasteiger partial charge in [0.25, 0.3) is 0 Å². The van der Waals surface area contributed by atoms with Crippen LogP contribution in [-0.2, 0) is 16.0 Å². The van der Waals surface area contributed by atoms with Gasteiger partial charge in [-0.2, -0.15) is 0 Å². The van der Waals surface area contributed by atoms with Crippen LogP contribution < -0.4 is 4.74 Å². The summed E-state index contributed by atoms with van der Waals surface area (Å²) in [5.41, 5.74) is 1.32. The molecule has 0 saturated carbocycles. The molecule has 0 spiro atoms. The molecule has 1 saturated heterocycles. The number of benzene rings is 1. The first-order chi connectivity index (χ1) is 12.4. The van der Waals surface area contributed by atoms with E-state index in [9.17, 15) is 0 Å². The summed E-state index contributed by atoms with van der Waals surface area (Å²) < 4.78 is 5.92. The molecule has 6 nitrogen and oxygen atoms in total. The van der Waals surface area contributed by atoms with Crippen molar-refractivity contribution in [2.45, 2.75) is 46.0 Å². The van der Waals surface area contributed by atoms with Crippen molar-refractivity contribution in [1.29, 1.82) is 0 Å². The number of aliphatic carboxylic acids is 2. The van der Waals surface area contributed by atoms with Crippen molar-refractivity contribution in [3.05, 3.63) is 29.8 Å². The molecule has 1 heterocycles. The Morgan fingerprint density at radius 1 is 1.12 bits per heavy atom. The Morgan fingerprint density at radius 3 is 2.31 bits per heavy atom. The maximum atomic E-state index is 9.10. The van der Waals surface area contributed by atoms with E-state index < -0.39 is 11.9 Å². The zero-order valence-corrected chi connectivity index (χ0v) is 15.8. The lowest BCUT2D eigenvalue weighted by Crippen LogP contribution is -2.33. The van der Waals surface area contributed by atoms with Crippen molar-refractivity contribution in [2.24, 2.45) is 5.92 Å². The Hall–Kier alpha value is -2.08. The Bertz CT molecular complexity index is 541. The van der Waals surface area contributed by atoms with Crippen LogP contribution in [0.25, 0.3) is 0 Å². The third kappa shape index (κ3) is 8.85. The van der Waals surface area contributed by atoms with E-state index in [1.807, 2.05) is 0 Å². The van der Waals surface area contributed by atoms with Crippen LogP contribution in [0.4, 0.5) is 0 Å². The number of hydrogen-bond donors (Lipinski definition) is 2. The van der Waals surface area contributed by atoms with Gasteiger partial charge in [-0.25, -0.2) is 9.59 Å². The molecule has 0 radical (unpaired) electrons. The fourth-order valence-corrected chi connectivity index (χ4v) is 2.84. The predicted molar refractivity (Wildman–Crippen MR) is 101 cm³/mol. The number of carboxylic acid groups (broad SMARTS) is 2. The molecule has 6 heteroatoms. The molecular weight excluding hydrogens is 334 g/mol. The molecule has 0 aromatic heterocycles. The number of unbranched alkanes of at least 4 members (excludes halogenated alkanes) is 1. The van der Waals surface area contributed by atoms with E-state index in [0.717, 1.165) is 31.1 Å². The maximum absolute atomic E-state index is 9.10. The molecule has 0 amide bonds. The van der Waals surface area contributed by atoms with E-state index in [2.05, 4.69) is 43.0 Å². The van der Waals surface area contributed by atoms with Gasteiger partial charge in [-0.1, -0.05) is 32.0 Å². The quantitative estimate of drug-likeness (QED) is 0.569. The summed E-state index contributed by atoms with van der Waals surface area (Å²) in [4.78, 5) is 20.8. The van der Waals surface area contributed by atoms with Crippen LogP contribution in [0, 0.1) is 5.92 Å². The van der Waals surface area contributed by atoms with Crippen molar-refractivity contribution in [1.82, 2.24) is 4.90 Å². The molecule has 1 aliphatic heterocycles. The third-order valence-corrected chi connectivity index (χ3v) is 4.54. The summed E-state index contributed by atoms with van der Waals surface area (Å²) in [6, 6.07) is 8.39. The topological polar surface area (TPSA) is 87.1 Å². The van der Waals surface area contributed by atoms with Crippen molar-refractivity contribution in [3.63, 3.8) is 0 Å². The molecular formula is C20H31NO5. The fourth-order valence-electron chi connectivity index (χ4n) is 2.84. The normalized spacial score (nSPS) is 15.0. The summed E-state index contributed by atoms with van der Waals surface area (Å²) in [5, 5.41) is 14.8. The number of hydrogen-bond acceptors (Lipinski definition) is 4. The van der Waals surface area contributed by atoms with Gasteiger partial charge in [-0.3, -0.25) is 0 Å². The lowest BCUT2D eigenvalue weighted by atomic mass is 9.99. The van der Waals surface area contributed by atoms with Gasteiger partial charge in [0.15, 0.2) is 0 Å². The van der Waals surface area contributed by atoms with E-state index >= 15 is 0 Å². The monoisotopic (exact) mass is 365 g/mol. The first-order valence-electron chi connectivity index (χ1n) is 9.33. The molecule has 0 bridgehead atoms. The van der Waals surface area contributed by atoms with Crippen LogP contribution in [0.2, 0.25) is 0 Å². The highest BCUT2D eigenvalue weighted by Crippen LogP contribution is 2.19. The third-order valence-electron chi connectivity index (χ3n) is 4.54. The van der Waals surface area contributed by atoms with Crippen LogP contribution in [0.5, 0.6) is 5.75 Å². The second-order valence-electron chi connectivity index (χ2n) is 6.65. The van der Waals surface area contributed by atoms with Gasteiger partial charge in [0.05, 0.1) is 6.61 Å². The highest BCUT2D eigenvalue weighted by molar-refractivity contribution is 6.27. The number of nitrogens with zero attached hydrogens (tertiary/aromatic N) is 1. The maximum Gasteiger partial charge on any atom is 0.414 e. The van der Waals surface area contributed by atoms with Gasteiger partial charge < -0.3 is 19.8 Å². The standard InChI is InChI=1S/C18H29NO.C2H2O4/c1-3-17-8-4-5-9-18(17)20-15-7-6-12-19-13-10-16(2)11-14-19;3-1(4)2(5)6/h4-5,8-9,16H,3,6-7,10-15H2,1-2H3;(H,3,4)(H,5,6). The molecule has 1 aliphatic rings. The van der Waals surface area contributed by atoms with Crippen LogP contribution in [0.1, 0.15) is 45.1 Å². The van der Waals surface area contributed by atoms with E-state index in [-0.39, 0.29) is 0 Å². The summed E-state index contributed by atoms with van der Waals surface area (Å²) in [6.45, 7) is 9.23. The van der Waals surface area contributed by atoms with Crippen LogP contribution in [-0.4, -0.2) is 53.3 Å². The Kier molecular flexibility index (Phi) is 10.4. The molecule has 146 valence electrons. The minimum atomic E-state index is -1.82. The zero-order chi connectivity index (χ0) is 19.4. The van der Waals surface area contributed by atoms with E-state index in [1.165, 1.54) is 44.5 Å². The number of carbonyl (C=O) groups is 2. The van der Waals surface area contributed by atoms with Crippen molar-refractivity contribution in [3.8, 4) is 5.75 Å². The molecule has 0 atom stereocenters. The smallest absolute Gasteiger partial charge is 0.414 e. The second-order valence-corrected chi connectivity index (χ2v) is 6.65. The number of ether oxygens (including phenoxy) is 1. The highest BCUT2D eigenvalue weighted by Gasteiger charge is 2.14. The Balaban J connectivity index is 0.000000487. The molecule has 1 aromatic carbocycles. The molecule has 0 unspecified atom stereocenters. The molecule has 1 aromatic rings. The van der Waals surface area contributed by atoms with Gasteiger partial charge in [-0.15, -0.1) is 0 Å². The minimum Gasteiger partial charge on any atom is -0.493 e. The fraction of sp³-hybridized carbons (Fsp3) is 0.600. The van der Waals surface area contributed by atoms with Gasteiger partial charge in [0.1, 0.15) is 5.75 Å². The molecule has 2 rings (SSSR count). The van der Waals surface area contributed by atoms with Crippen LogP contribution in [0.15, 0.2) is 24.3 Å². The Labute approximate surface area is 155 Å². The van der Waals surface area contributed by atoms with Crippen molar-refractivity contribution in [2.75, 3.05) is 26.2 Å². The van der Waals surface area contributed by atoms with Gasteiger partial charge in [-0.05, 0) is 69.3 Å². The minimum absolute atomic E-state index is 0.848. The average molecular weight is 365 g/mol. The number of likely N-dealkylation sites (tertiary alicyclic amines) is 1. The first kappa shape index (κ1) is 22.0. The average Bonchev–Trinajstić information content (AvgIpc) is 2.63. The summed E-state index contributed by atoms with van der Waals surface area (Å²) in [5.74, 6) is -1.65. The lowest BCUT2D eigenvalue weighted by Gasteiger charge is -2.30. The zero-order valence-electron chi connectivity index (χ0n) is 15.8. The van der Waals surface area contributed by atoms with Crippen LogP contribution >= 0.6 is 0 Å². The molecule has 1 fully saturated rings. The first-order valence-corrected chi connectivity index (χ1v) is 9.33. The summed E-state index contributed by atoms with van der Waals surface area (Å²) >= 11 is 0. The van der Waals surface area contributed by atoms with E-state index in [0.29, 0.717) is 0 Å². The van der Waals surface area contributed by atoms with Gasteiger partial charge >= 0.3 is 11.9 Å². The van der Waals surface area contributed by atoms with E-state index in [1.54, 1.807) is 0 Å². The number of para-hydroxylation sites is 1. The number of piperidine rings is 1. The summed E-state index contributed by atoms with van der Waals surface area (Å²) in [7, 11) is 0. The number of rotatable bonds is 7. The van der Waals surface area contributed by atoms with Gasteiger partial charge in [0, 0.05) is 0 Å². The molecule has 26 heavy (non-hydrogen) atoms. The molecule has 2 N–H and O–H groups in total. The van der Waals surface area contributed by atoms with Crippen molar-refractivity contribution >= 4 is 11.9 Å². The molecule has 0 aliphatic carbocycles. The van der Waals surface area contributed by atoms with Crippen molar-refractivity contribution < 1.29 is 24.5 Å². The summed E-state index contributed by atoms with van der Waals surface area (Å²) in [6.07, 6.45) is 6.20. The van der Waals surface area contributed by atoms with E-state index in [4.69, 9.17) is 24.5 Å². The Morgan fingerprint density at radius 2 is 1.73 bits per heavy atom.